The number of hydrogen-bond donors (Lipinski definition) is 2. The van der Waals surface area contributed by atoms with Gasteiger partial charge in [0.25, 0.3) is 0 Å². The van der Waals surface area contributed by atoms with Gasteiger partial charge in [0.2, 0.25) is 0 Å². The molecule has 0 amide bonds. The van der Waals surface area contributed by atoms with Crippen LogP contribution in [0.2, 0.25) is 0 Å². The molecule has 1 aromatic heterocycles. The van der Waals surface area contributed by atoms with Crippen molar-refractivity contribution in [3.8, 4) is 6.07 Å². The van der Waals surface area contributed by atoms with E-state index in [1.54, 1.807) is 0 Å². The van der Waals surface area contributed by atoms with E-state index in [4.69, 9.17) is 0 Å². The zero-order valence-corrected chi connectivity index (χ0v) is 11.7. The van der Waals surface area contributed by atoms with Gasteiger partial charge >= 0.3 is 0 Å². The molecule has 1 aliphatic heterocycles. The van der Waals surface area contributed by atoms with Crippen LogP contribution in [0.1, 0.15) is 16.8 Å². The summed E-state index contributed by atoms with van der Waals surface area (Å²) in [6, 6.07) is 4.18. The second-order valence-corrected chi connectivity index (χ2v) is 4.93. The highest BCUT2D eigenvalue weighted by Crippen LogP contribution is 2.17. The fourth-order valence-corrected chi connectivity index (χ4v) is 2.37. The third-order valence-corrected chi connectivity index (χ3v) is 3.39. The van der Waals surface area contributed by atoms with Crippen molar-refractivity contribution < 1.29 is 0 Å². The van der Waals surface area contributed by atoms with Crippen LogP contribution >= 0.6 is 0 Å². The molecular weight excluding hydrogens is 238 g/mol. The van der Waals surface area contributed by atoms with Crippen molar-refractivity contribution in [2.45, 2.75) is 13.8 Å². The Bertz CT molecular complexity index is 471. The first kappa shape index (κ1) is 13.8. The summed E-state index contributed by atoms with van der Waals surface area (Å²) in [5.74, 6) is 0.718. The topological polar surface area (TPSA) is 64.0 Å². The van der Waals surface area contributed by atoms with Crippen LogP contribution in [-0.2, 0) is 0 Å². The lowest BCUT2D eigenvalue weighted by atomic mass is 10.1. The molecule has 0 spiro atoms. The molecule has 0 bridgehead atoms. The van der Waals surface area contributed by atoms with Gasteiger partial charge in [-0.3, -0.25) is 4.90 Å². The van der Waals surface area contributed by atoms with E-state index in [1.165, 1.54) is 0 Å². The minimum atomic E-state index is 0.658. The van der Waals surface area contributed by atoms with Crippen molar-refractivity contribution in [2.75, 3.05) is 44.6 Å². The molecule has 1 aromatic rings. The lowest BCUT2D eigenvalue weighted by Gasteiger charge is -2.27. The average molecular weight is 259 g/mol. The third kappa shape index (κ3) is 3.66. The van der Waals surface area contributed by atoms with Gasteiger partial charge in [0.05, 0.1) is 5.56 Å². The van der Waals surface area contributed by atoms with Crippen LogP contribution in [0.15, 0.2) is 6.07 Å². The largest absolute Gasteiger partial charge is 0.368 e. The van der Waals surface area contributed by atoms with Crippen LogP contribution < -0.4 is 10.6 Å². The molecule has 1 aliphatic rings. The summed E-state index contributed by atoms with van der Waals surface area (Å²) in [7, 11) is 0. The number of piperazine rings is 1. The van der Waals surface area contributed by atoms with Gasteiger partial charge < -0.3 is 10.6 Å². The van der Waals surface area contributed by atoms with Crippen molar-refractivity contribution in [1.29, 1.82) is 5.26 Å². The zero-order chi connectivity index (χ0) is 13.7. The van der Waals surface area contributed by atoms with E-state index >= 15 is 0 Å². The van der Waals surface area contributed by atoms with E-state index in [0.717, 1.165) is 56.3 Å². The molecule has 0 saturated carbocycles. The number of aromatic nitrogens is 1. The standard InChI is InChI=1S/C14H21N5/c1-11-9-12(2)18-14(13(11)10-15)17-5-8-19-6-3-16-4-7-19/h9,16H,3-8H2,1-2H3,(H,17,18). The molecule has 0 aromatic carbocycles. The Kier molecular flexibility index (Phi) is 4.72. The van der Waals surface area contributed by atoms with Gasteiger partial charge in [-0.15, -0.1) is 0 Å². The normalized spacial score (nSPS) is 16.1. The number of hydrogen-bond acceptors (Lipinski definition) is 5. The van der Waals surface area contributed by atoms with Crippen molar-refractivity contribution in [3.63, 3.8) is 0 Å². The third-order valence-electron chi connectivity index (χ3n) is 3.39. The molecule has 2 heterocycles. The smallest absolute Gasteiger partial charge is 0.144 e. The van der Waals surface area contributed by atoms with Gasteiger partial charge in [-0.1, -0.05) is 0 Å². The summed E-state index contributed by atoms with van der Waals surface area (Å²) in [5.41, 5.74) is 2.59. The van der Waals surface area contributed by atoms with Gasteiger partial charge in [0.1, 0.15) is 11.9 Å². The van der Waals surface area contributed by atoms with Crippen molar-refractivity contribution in [2.24, 2.45) is 0 Å². The molecule has 5 heteroatoms. The Labute approximate surface area is 114 Å². The summed E-state index contributed by atoms with van der Waals surface area (Å²) in [5, 5.41) is 15.8. The summed E-state index contributed by atoms with van der Waals surface area (Å²) < 4.78 is 0. The lowest BCUT2D eigenvalue weighted by Crippen LogP contribution is -2.45. The van der Waals surface area contributed by atoms with E-state index in [-0.39, 0.29) is 0 Å². The van der Waals surface area contributed by atoms with Gasteiger partial charge in [-0.05, 0) is 25.5 Å². The van der Waals surface area contributed by atoms with E-state index < -0.39 is 0 Å². The van der Waals surface area contributed by atoms with E-state index in [0.29, 0.717) is 5.56 Å². The van der Waals surface area contributed by atoms with Gasteiger partial charge in [-0.2, -0.15) is 5.26 Å². The van der Waals surface area contributed by atoms with Crippen LogP contribution in [-0.4, -0.2) is 49.2 Å². The fourth-order valence-electron chi connectivity index (χ4n) is 2.37. The van der Waals surface area contributed by atoms with Crippen molar-refractivity contribution in [1.82, 2.24) is 15.2 Å². The fraction of sp³-hybridized carbons (Fsp3) is 0.571. The Balaban J connectivity index is 1.93. The average Bonchev–Trinajstić information content (AvgIpc) is 2.39. The quantitative estimate of drug-likeness (QED) is 0.840. The van der Waals surface area contributed by atoms with Crippen LogP contribution in [0, 0.1) is 25.2 Å². The highest BCUT2D eigenvalue weighted by molar-refractivity contribution is 5.56. The number of anilines is 1. The number of nitriles is 1. The van der Waals surface area contributed by atoms with Crippen molar-refractivity contribution >= 4 is 5.82 Å². The summed E-state index contributed by atoms with van der Waals surface area (Å²) in [6.45, 7) is 10.0. The molecule has 0 radical (unpaired) electrons. The highest BCUT2D eigenvalue weighted by atomic mass is 15.2. The molecule has 1 fully saturated rings. The minimum Gasteiger partial charge on any atom is -0.368 e. The molecular formula is C14H21N5. The van der Waals surface area contributed by atoms with Crippen LogP contribution in [0.25, 0.3) is 0 Å². The summed E-state index contributed by atoms with van der Waals surface area (Å²) >= 11 is 0. The predicted molar refractivity (Wildman–Crippen MR) is 76.2 cm³/mol. The molecule has 0 unspecified atom stereocenters. The van der Waals surface area contributed by atoms with Crippen molar-refractivity contribution in [3.05, 3.63) is 22.9 Å². The Morgan fingerprint density at radius 3 is 2.84 bits per heavy atom. The van der Waals surface area contributed by atoms with Gasteiger partial charge in [0, 0.05) is 45.0 Å². The molecule has 2 rings (SSSR count). The minimum absolute atomic E-state index is 0.658. The van der Waals surface area contributed by atoms with Gasteiger partial charge in [-0.25, -0.2) is 4.98 Å². The molecule has 102 valence electrons. The second kappa shape index (κ2) is 6.50. The van der Waals surface area contributed by atoms with E-state index in [2.05, 4.69) is 26.6 Å². The summed E-state index contributed by atoms with van der Waals surface area (Å²) in [6.07, 6.45) is 0. The molecule has 2 N–H and O–H groups in total. The number of pyridine rings is 1. The Morgan fingerprint density at radius 2 is 2.16 bits per heavy atom. The molecule has 19 heavy (non-hydrogen) atoms. The van der Waals surface area contributed by atoms with Gasteiger partial charge in [0.15, 0.2) is 0 Å². The monoisotopic (exact) mass is 259 g/mol. The molecule has 0 aliphatic carbocycles. The predicted octanol–water partition coefficient (Wildman–Crippen LogP) is 0.887. The number of nitrogens with one attached hydrogen (secondary N) is 2. The first-order chi connectivity index (χ1) is 9.20. The first-order valence-corrected chi connectivity index (χ1v) is 6.76. The zero-order valence-electron chi connectivity index (χ0n) is 11.7. The van der Waals surface area contributed by atoms with E-state index in [1.807, 2.05) is 19.9 Å². The molecule has 1 saturated heterocycles. The highest BCUT2D eigenvalue weighted by Gasteiger charge is 2.11. The van der Waals surface area contributed by atoms with Crippen LogP contribution in [0.4, 0.5) is 5.82 Å². The van der Waals surface area contributed by atoms with Crippen LogP contribution in [0.5, 0.6) is 0 Å². The number of rotatable bonds is 4. The first-order valence-electron chi connectivity index (χ1n) is 6.76. The number of nitrogens with zero attached hydrogens (tertiary/aromatic N) is 3. The second-order valence-electron chi connectivity index (χ2n) is 4.93. The lowest BCUT2D eigenvalue weighted by molar-refractivity contribution is 0.249. The maximum Gasteiger partial charge on any atom is 0.144 e. The molecule has 0 atom stereocenters. The van der Waals surface area contributed by atoms with E-state index in [9.17, 15) is 5.26 Å². The Hall–Kier alpha value is -1.64. The van der Waals surface area contributed by atoms with Crippen LogP contribution in [0.3, 0.4) is 0 Å². The molecule has 5 nitrogen and oxygen atoms in total. The Morgan fingerprint density at radius 1 is 1.42 bits per heavy atom. The SMILES string of the molecule is Cc1cc(C)c(C#N)c(NCCN2CCNCC2)n1. The maximum absolute atomic E-state index is 9.19. The maximum atomic E-state index is 9.19. The number of aryl methyl sites for hydroxylation is 2. The summed E-state index contributed by atoms with van der Waals surface area (Å²) in [4.78, 5) is 6.84.